The van der Waals surface area contributed by atoms with E-state index in [2.05, 4.69) is 4.72 Å². The molecular weight excluding hydrogens is 278 g/mol. The van der Waals surface area contributed by atoms with Gasteiger partial charge in [0, 0.05) is 5.92 Å². The van der Waals surface area contributed by atoms with Crippen molar-refractivity contribution in [1.82, 2.24) is 4.72 Å². The van der Waals surface area contributed by atoms with Crippen molar-refractivity contribution in [3.63, 3.8) is 0 Å². The van der Waals surface area contributed by atoms with Crippen molar-refractivity contribution in [2.45, 2.75) is 42.4 Å². The van der Waals surface area contributed by atoms with Crippen LogP contribution in [0.25, 0.3) is 0 Å². The summed E-state index contributed by atoms with van der Waals surface area (Å²) in [6.07, 6.45) is 2.07. The van der Waals surface area contributed by atoms with Crippen LogP contribution in [0.5, 0.6) is 0 Å². The monoisotopic (exact) mass is 295 g/mol. The van der Waals surface area contributed by atoms with Crippen molar-refractivity contribution in [1.29, 1.82) is 0 Å². The Bertz CT molecular complexity index is 622. The summed E-state index contributed by atoms with van der Waals surface area (Å²) in [7, 11) is -3.58. The normalized spacial score (nSPS) is 27.6. The van der Waals surface area contributed by atoms with Gasteiger partial charge in [-0.3, -0.25) is 4.79 Å². The standard InChI is InChI=1S/C14H17NO4S/c16-13(17)14(7-4-8-14)15-20(18,19)12-9-11(12)10-5-2-1-3-6-10/h1-3,5-6,11-12,15H,4,7-9H2,(H,16,17). The summed E-state index contributed by atoms with van der Waals surface area (Å²) in [5.41, 5.74) is -0.260. The SMILES string of the molecule is O=C(O)C1(NS(=O)(=O)C2CC2c2ccccc2)CCC1. The number of carboxylic acids is 1. The average Bonchev–Trinajstić information content (AvgIpc) is 3.15. The second-order valence-corrected chi connectivity index (χ2v) is 7.58. The van der Waals surface area contributed by atoms with Gasteiger partial charge in [-0.2, -0.15) is 4.72 Å². The molecule has 108 valence electrons. The van der Waals surface area contributed by atoms with Crippen LogP contribution in [-0.2, 0) is 14.8 Å². The molecule has 0 amide bonds. The van der Waals surface area contributed by atoms with Crippen molar-refractivity contribution in [3.8, 4) is 0 Å². The van der Waals surface area contributed by atoms with Gasteiger partial charge in [-0.1, -0.05) is 30.3 Å². The van der Waals surface area contributed by atoms with Crippen molar-refractivity contribution in [3.05, 3.63) is 35.9 Å². The zero-order valence-corrected chi connectivity index (χ0v) is 11.8. The molecule has 2 aliphatic rings. The summed E-state index contributed by atoms with van der Waals surface area (Å²) in [5.74, 6) is -1.08. The Hall–Kier alpha value is -1.40. The van der Waals surface area contributed by atoms with E-state index in [-0.39, 0.29) is 5.92 Å². The lowest BCUT2D eigenvalue weighted by Crippen LogP contribution is -2.59. The topological polar surface area (TPSA) is 83.5 Å². The fourth-order valence-corrected chi connectivity index (χ4v) is 4.84. The number of nitrogens with one attached hydrogen (secondary N) is 1. The van der Waals surface area contributed by atoms with Crippen LogP contribution in [0.2, 0.25) is 0 Å². The summed E-state index contributed by atoms with van der Waals surface area (Å²) in [6, 6.07) is 9.49. The Kier molecular flexibility index (Phi) is 3.10. The van der Waals surface area contributed by atoms with Gasteiger partial charge in [0.2, 0.25) is 10.0 Å². The fraction of sp³-hybridized carbons (Fsp3) is 0.500. The first-order valence-corrected chi connectivity index (χ1v) is 8.30. The number of benzene rings is 1. The van der Waals surface area contributed by atoms with Crippen LogP contribution in [0, 0.1) is 0 Å². The average molecular weight is 295 g/mol. The van der Waals surface area contributed by atoms with E-state index in [0.29, 0.717) is 19.3 Å². The van der Waals surface area contributed by atoms with Crippen LogP contribution in [0.4, 0.5) is 0 Å². The smallest absolute Gasteiger partial charge is 0.324 e. The summed E-state index contributed by atoms with van der Waals surface area (Å²) in [6.45, 7) is 0. The van der Waals surface area contributed by atoms with Crippen molar-refractivity contribution >= 4 is 16.0 Å². The highest BCUT2D eigenvalue weighted by molar-refractivity contribution is 7.90. The largest absolute Gasteiger partial charge is 0.480 e. The molecule has 1 aromatic rings. The molecule has 0 bridgehead atoms. The van der Waals surface area contributed by atoms with Crippen LogP contribution in [0.15, 0.2) is 30.3 Å². The molecular formula is C14H17NO4S. The number of rotatable bonds is 5. The van der Waals surface area contributed by atoms with Crippen LogP contribution >= 0.6 is 0 Å². The first-order valence-electron chi connectivity index (χ1n) is 6.76. The van der Waals surface area contributed by atoms with Crippen LogP contribution < -0.4 is 4.72 Å². The molecule has 2 saturated carbocycles. The molecule has 0 heterocycles. The predicted octanol–water partition coefficient (Wildman–Crippen LogP) is 1.47. The number of sulfonamides is 1. The number of hydrogen-bond acceptors (Lipinski definition) is 3. The highest BCUT2D eigenvalue weighted by Crippen LogP contribution is 2.46. The maximum absolute atomic E-state index is 12.3. The Balaban J connectivity index is 1.73. The molecule has 3 rings (SSSR count). The van der Waals surface area contributed by atoms with E-state index in [1.54, 1.807) is 0 Å². The molecule has 2 aliphatic carbocycles. The van der Waals surface area contributed by atoms with E-state index in [4.69, 9.17) is 0 Å². The third kappa shape index (κ3) is 2.23. The van der Waals surface area contributed by atoms with Crippen LogP contribution in [0.1, 0.15) is 37.2 Å². The molecule has 20 heavy (non-hydrogen) atoms. The van der Waals surface area contributed by atoms with Gasteiger partial charge in [0.15, 0.2) is 0 Å². The van der Waals surface area contributed by atoms with Gasteiger partial charge < -0.3 is 5.11 Å². The molecule has 6 heteroatoms. The Morgan fingerprint density at radius 3 is 2.40 bits per heavy atom. The first-order chi connectivity index (χ1) is 9.45. The quantitative estimate of drug-likeness (QED) is 0.861. The second-order valence-electron chi connectivity index (χ2n) is 5.68. The van der Waals surface area contributed by atoms with E-state index >= 15 is 0 Å². The molecule has 2 unspecified atom stereocenters. The molecule has 2 N–H and O–H groups in total. The van der Waals surface area contributed by atoms with E-state index in [9.17, 15) is 18.3 Å². The third-order valence-corrected chi connectivity index (χ3v) is 6.31. The molecule has 5 nitrogen and oxygen atoms in total. The van der Waals surface area contributed by atoms with Crippen LogP contribution in [-0.4, -0.2) is 30.3 Å². The Labute approximate surface area is 118 Å². The molecule has 2 fully saturated rings. The molecule has 2 atom stereocenters. The lowest BCUT2D eigenvalue weighted by Gasteiger charge is -2.37. The van der Waals surface area contributed by atoms with Crippen molar-refractivity contribution in [2.75, 3.05) is 0 Å². The van der Waals surface area contributed by atoms with Gasteiger partial charge in [0.05, 0.1) is 5.25 Å². The van der Waals surface area contributed by atoms with Gasteiger partial charge >= 0.3 is 5.97 Å². The summed E-state index contributed by atoms with van der Waals surface area (Å²) in [5, 5.41) is 8.71. The molecule has 1 aromatic carbocycles. The molecule has 0 aliphatic heterocycles. The number of aliphatic carboxylic acids is 1. The van der Waals surface area contributed by atoms with E-state index in [1.807, 2.05) is 30.3 Å². The van der Waals surface area contributed by atoms with Gasteiger partial charge in [-0.05, 0) is 31.2 Å². The lowest BCUT2D eigenvalue weighted by atomic mass is 9.78. The van der Waals surface area contributed by atoms with Gasteiger partial charge in [-0.15, -0.1) is 0 Å². The van der Waals surface area contributed by atoms with Gasteiger partial charge in [0.1, 0.15) is 5.54 Å². The second kappa shape index (κ2) is 4.56. The molecule has 0 radical (unpaired) electrons. The highest BCUT2D eigenvalue weighted by Gasteiger charge is 2.54. The van der Waals surface area contributed by atoms with E-state index in [1.165, 1.54) is 0 Å². The van der Waals surface area contributed by atoms with Crippen molar-refractivity contribution in [2.24, 2.45) is 0 Å². The minimum Gasteiger partial charge on any atom is -0.480 e. The van der Waals surface area contributed by atoms with Crippen molar-refractivity contribution < 1.29 is 18.3 Å². The highest BCUT2D eigenvalue weighted by atomic mass is 32.2. The number of carboxylic acid groups (broad SMARTS) is 1. The van der Waals surface area contributed by atoms with Gasteiger partial charge in [0.25, 0.3) is 0 Å². The van der Waals surface area contributed by atoms with Gasteiger partial charge in [-0.25, -0.2) is 8.42 Å². The Morgan fingerprint density at radius 2 is 1.90 bits per heavy atom. The van der Waals surface area contributed by atoms with E-state index in [0.717, 1.165) is 12.0 Å². The molecule has 0 saturated heterocycles. The summed E-state index contributed by atoms with van der Waals surface area (Å²) in [4.78, 5) is 11.2. The predicted molar refractivity (Wildman–Crippen MR) is 73.9 cm³/mol. The molecule has 0 aromatic heterocycles. The maximum atomic E-state index is 12.3. The lowest BCUT2D eigenvalue weighted by molar-refractivity contribution is -0.147. The molecule has 0 spiro atoms. The zero-order chi connectivity index (χ0) is 14.4. The van der Waals surface area contributed by atoms with E-state index < -0.39 is 26.8 Å². The summed E-state index contributed by atoms with van der Waals surface area (Å²) < 4.78 is 27.1. The maximum Gasteiger partial charge on any atom is 0.324 e. The number of hydrogen-bond donors (Lipinski definition) is 2. The minimum atomic E-state index is -3.58. The fourth-order valence-electron chi connectivity index (χ4n) is 2.80. The first kappa shape index (κ1) is 13.6. The minimum absolute atomic E-state index is 0.0142. The Morgan fingerprint density at radius 1 is 1.25 bits per heavy atom. The van der Waals surface area contributed by atoms with Crippen LogP contribution in [0.3, 0.4) is 0 Å². The summed E-state index contributed by atoms with van der Waals surface area (Å²) >= 11 is 0. The zero-order valence-electron chi connectivity index (χ0n) is 11.0. The number of carbonyl (C=O) groups is 1. The third-order valence-electron chi connectivity index (χ3n) is 4.31.